The summed E-state index contributed by atoms with van der Waals surface area (Å²) in [5.41, 5.74) is -0.609. The molecule has 0 radical (unpaired) electrons. The molecule has 0 aliphatic heterocycles. The van der Waals surface area contributed by atoms with Crippen molar-refractivity contribution in [1.82, 2.24) is 0 Å². The van der Waals surface area contributed by atoms with Gasteiger partial charge in [0.25, 0.3) is 0 Å². The van der Waals surface area contributed by atoms with Crippen molar-refractivity contribution < 1.29 is 5.11 Å². The highest BCUT2D eigenvalue weighted by atomic mass is 32.1. The lowest BCUT2D eigenvalue weighted by Crippen LogP contribution is -2.19. The molecule has 0 saturated heterocycles. The molecule has 1 heterocycles. The van der Waals surface area contributed by atoms with Crippen LogP contribution < -0.4 is 0 Å². The van der Waals surface area contributed by atoms with Gasteiger partial charge in [-0.15, -0.1) is 11.3 Å². The number of hydrogen-bond donors (Lipinski definition) is 1. The van der Waals surface area contributed by atoms with Gasteiger partial charge in [0.05, 0.1) is 5.60 Å². The number of rotatable bonds is 6. The third kappa shape index (κ3) is 3.43. The quantitative estimate of drug-likeness (QED) is 0.708. The van der Waals surface area contributed by atoms with Crippen molar-refractivity contribution in [1.29, 1.82) is 0 Å². The molecule has 1 aromatic heterocycles. The van der Waals surface area contributed by atoms with E-state index in [1.807, 2.05) is 24.4 Å². The van der Waals surface area contributed by atoms with E-state index in [0.717, 1.165) is 17.7 Å². The van der Waals surface area contributed by atoms with Gasteiger partial charge in [-0.1, -0.05) is 38.7 Å². The molecule has 0 aliphatic carbocycles. The van der Waals surface area contributed by atoms with Gasteiger partial charge in [-0.2, -0.15) is 0 Å². The average molecular weight is 212 g/mol. The topological polar surface area (TPSA) is 20.2 Å². The molecule has 1 nitrogen and oxygen atoms in total. The highest BCUT2D eigenvalue weighted by Crippen LogP contribution is 2.30. The first-order valence-corrected chi connectivity index (χ1v) is 6.31. The predicted molar refractivity (Wildman–Crippen MR) is 62.6 cm³/mol. The standard InChI is InChI=1S/C12H20OS/c1-3-4-5-6-9-12(2,13)11-8-7-10-14-11/h7-8,10,13H,3-6,9H2,1-2H3. The van der Waals surface area contributed by atoms with Crippen LogP contribution in [0.1, 0.15) is 50.8 Å². The summed E-state index contributed by atoms with van der Waals surface area (Å²) in [5.74, 6) is 0. The molecule has 0 aliphatic rings. The van der Waals surface area contributed by atoms with E-state index in [1.54, 1.807) is 11.3 Å². The summed E-state index contributed by atoms with van der Waals surface area (Å²) in [6.07, 6.45) is 5.77. The molecule has 1 atom stereocenters. The number of thiophene rings is 1. The summed E-state index contributed by atoms with van der Waals surface area (Å²) >= 11 is 1.64. The van der Waals surface area contributed by atoms with Crippen molar-refractivity contribution in [2.75, 3.05) is 0 Å². The molecule has 0 fully saturated rings. The summed E-state index contributed by atoms with van der Waals surface area (Å²) < 4.78 is 0. The van der Waals surface area contributed by atoms with Crippen LogP contribution in [0.15, 0.2) is 17.5 Å². The van der Waals surface area contributed by atoms with E-state index in [2.05, 4.69) is 6.92 Å². The van der Waals surface area contributed by atoms with E-state index in [0.29, 0.717) is 0 Å². The van der Waals surface area contributed by atoms with Gasteiger partial charge in [0, 0.05) is 4.88 Å². The van der Waals surface area contributed by atoms with Gasteiger partial charge in [0.1, 0.15) is 0 Å². The van der Waals surface area contributed by atoms with Crippen molar-refractivity contribution in [3.05, 3.63) is 22.4 Å². The van der Waals surface area contributed by atoms with E-state index >= 15 is 0 Å². The zero-order chi connectivity index (χ0) is 10.4. The zero-order valence-electron chi connectivity index (χ0n) is 9.12. The Morgan fingerprint density at radius 2 is 2.14 bits per heavy atom. The van der Waals surface area contributed by atoms with Crippen LogP contribution in [-0.2, 0) is 5.60 Å². The molecule has 0 amide bonds. The average Bonchev–Trinajstić information content (AvgIpc) is 2.65. The molecule has 2 heteroatoms. The van der Waals surface area contributed by atoms with Crippen LogP contribution in [0, 0.1) is 0 Å². The maximum Gasteiger partial charge on any atom is 0.0959 e. The summed E-state index contributed by atoms with van der Waals surface area (Å²) in [7, 11) is 0. The van der Waals surface area contributed by atoms with Crippen LogP contribution in [0.4, 0.5) is 0 Å². The summed E-state index contributed by atoms with van der Waals surface area (Å²) in [5, 5.41) is 12.2. The third-order valence-electron chi connectivity index (χ3n) is 2.57. The molecule has 1 aromatic rings. The van der Waals surface area contributed by atoms with Crippen LogP contribution in [-0.4, -0.2) is 5.11 Å². The maximum atomic E-state index is 10.2. The summed E-state index contributed by atoms with van der Waals surface area (Å²) in [6.45, 7) is 4.13. The fourth-order valence-corrected chi connectivity index (χ4v) is 2.42. The molecule has 0 spiro atoms. The number of aliphatic hydroxyl groups is 1. The van der Waals surface area contributed by atoms with Crippen LogP contribution in [0.3, 0.4) is 0 Å². The molecule has 0 saturated carbocycles. The van der Waals surface area contributed by atoms with Gasteiger partial charge in [-0.05, 0) is 24.8 Å². The summed E-state index contributed by atoms with van der Waals surface area (Å²) in [6, 6.07) is 4.02. The molecule has 0 bridgehead atoms. The molecule has 14 heavy (non-hydrogen) atoms. The Balaban J connectivity index is 2.35. The van der Waals surface area contributed by atoms with Crippen LogP contribution in [0.25, 0.3) is 0 Å². The molecule has 1 unspecified atom stereocenters. The van der Waals surface area contributed by atoms with Crippen LogP contribution in [0.2, 0.25) is 0 Å². The van der Waals surface area contributed by atoms with Gasteiger partial charge in [-0.25, -0.2) is 0 Å². The van der Waals surface area contributed by atoms with Crippen LogP contribution >= 0.6 is 11.3 Å². The van der Waals surface area contributed by atoms with Crippen molar-refractivity contribution in [2.45, 2.75) is 51.6 Å². The SMILES string of the molecule is CCCCCCC(C)(O)c1cccs1. The largest absolute Gasteiger partial charge is 0.385 e. The van der Waals surface area contributed by atoms with Gasteiger partial charge in [0.15, 0.2) is 0 Å². The number of hydrogen-bond acceptors (Lipinski definition) is 2. The molecular formula is C12H20OS. The molecule has 1 rings (SSSR count). The van der Waals surface area contributed by atoms with Gasteiger partial charge >= 0.3 is 0 Å². The molecule has 1 N–H and O–H groups in total. The Bertz CT molecular complexity index is 239. The smallest absolute Gasteiger partial charge is 0.0959 e. The van der Waals surface area contributed by atoms with E-state index in [1.165, 1.54) is 19.3 Å². The van der Waals surface area contributed by atoms with Gasteiger partial charge < -0.3 is 5.11 Å². The van der Waals surface area contributed by atoms with Crippen molar-refractivity contribution in [3.63, 3.8) is 0 Å². The fourth-order valence-electron chi connectivity index (χ4n) is 1.60. The Kier molecular flexibility index (Phi) is 4.63. The molecule has 0 aromatic carbocycles. The highest BCUT2D eigenvalue weighted by Gasteiger charge is 2.22. The van der Waals surface area contributed by atoms with Crippen molar-refractivity contribution >= 4 is 11.3 Å². The second-order valence-electron chi connectivity index (χ2n) is 4.06. The minimum absolute atomic E-state index is 0.609. The lowest BCUT2D eigenvalue weighted by Gasteiger charge is -2.21. The highest BCUT2D eigenvalue weighted by molar-refractivity contribution is 7.10. The lowest BCUT2D eigenvalue weighted by atomic mass is 9.96. The Morgan fingerprint density at radius 1 is 1.36 bits per heavy atom. The van der Waals surface area contributed by atoms with E-state index in [4.69, 9.17) is 0 Å². The Labute approximate surface area is 90.8 Å². The van der Waals surface area contributed by atoms with Gasteiger partial charge in [-0.3, -0.25) is 0 Å². The second-order valence-corrected chi connectivity index (χ2v) is 5.01. The minimum atomic E-state index is -0.609. The van der Waals surface area contributed by atoms with E-state index in [-0.39, 0.29) is 0 Å². The van der Waals surface area contributed by atoms with Crippen LogP contribution in [0.5, 0.6) is 0 Å². The Morgan fingerprint density at radius 3 is 2.71 bits per heavy atom. The summed E-state index contributed by atoms with van der Waals surface area (Å²) in [4.78, 5) is 1.09. The number of unbranched alkanes of at least 4 members (excludes halogenated alkanes) is 3. The first-order chi connectivity index (χ1) is 6.67. The van der Waals surface area contributed by atoms with E-state index < -0.39 is 5.60 Å². The first kappa shape index (κ1) is 11.7. The Hall–Kier alpha value is -0.340. The lowest BCUT2D eigenvalue weighted by molar-refractivity contribution is 0.0486. The minimum Gasteiger partial charge on any atom is -0.385 e. The maximum absolute atomic E-state index is 10.2. The van der Waals surface area contributed by atoms with Crippen molar-refractivity contribution in [3.8, 4) is 0 Å². The molecule has 80 valence electrons. The second kappa shape index (κ2) is 5.52. The predicted octanol–water partition coefficient (Wildman–Crippen LogP) is 3.93. The van der Waals surface area contributed by atoms with E-state index in [9.17, 15) is 5.11 Å². The first-order valence-electron chi connectivity index (χ1n) is 5.43. The third-order valence-corrected chi connectivity index (χ3v) is 3.69. The monoisotopic (exact) mass is 212 g/mol. The molecular weight excluding hydrogens is 192 g/mol. The van der Waals surface area contributed by atoms with Gasteiger partial charge in [0.2, 0.25) is 0 Å². The normalized spacial score (nSPS) is 15.4. The van der Waals surface area contributed by atoms with Crippen molar-refractivity contribution in [2.24, 2.45) is 0 Å². The zero-order valence-corrected chi connectivity index (χ0v) is 9.94. The fraction of sp³-hybridized carbons (Fsp3) is 0.667.